The highest BCUT2D eigenvalue weighted by molar-refractivity contribution is 8.03. The molecular weight excluding hydrogens is 376 g/mol. The van der Waals surface area contributed by atoms with Crippen LogP contribution in [-0.2, 0) is 4.74 Å². The van der Waals surface area contributed by atoms with E-state index in [1.54, 1.807) is 16.7 Å². The standard InChI is InChI=1S/C20H26N4O3S/c1-12(2)23(19(26)27-20(4,5)6)17-9-15(16-8-7-13(3)28-16)22-18-14(11-25)10-21-24(17)18/h7,9-12,16H,8H2,1-6H3. The summed E-state index contributed by atoms with van der Waals surface area (Å²) in [5, 5.41) is 4.45. The molecule has 0 bridgehead atoms. The van der Waals surface area contributed by atoms with Crippen molar-refractivity contribution in [2.24, 2.45) is 0 Å². The molecule has 2 aromatic rings. The highest BCUT2D eigenvalue weighted by Crippen LogP contribution is 2.43. The molecule has 7 nitrogen and oxygen atoms in total. The summed E-state index contributed by atoms with van der Waals surface area (Å²) in [6, 6.07) is 1.70. The quantitative estimate of drug-likeness (QED) is 0.686. The largest absolute Gasteiger partial charge is 0.443 e. The number of ether oxygens (including phenoxy) is 1. The van der Waals surface area contributed by atoms with Crippen LogP contribution in [0.1, 0.15) is 69.3 Å². The third-order valence-corrected chi connectivity index (χ3v) is 5.51. The van der Waals surface area contributed by atoms with Crippen LogP contribution in [0.3, 0.4) is 0 Å². The summed E-state index contributed by atoms with van der Waals surface area (Å²) in [5.74, 6) is 0.544. The van der Waals surface area contributed by atoms with Crippen LogP contribution in [0.4, 0.5) is 10.6 Å². The van der Waals surface area contributed by atoms with E-state index in [1.807, 2.05) is 40.7 Å². The number of amides is 1. The molecule has 1 aliphatic heterocycles. The Morgan fingerprint density at radius 1 is 1.43 bits per heavy atom. The number of nitrogens with zero attached hydrogens (tertiary/aromatic N) is 4. The Morgan fingerprint density at radius 2 is 2.14 bits per heavy atom. The summed E-state index contributed by atoms with van der Waals surface area (Å²) in [7, 11) is 0. The number of hydrogen-bond donors (Lipinski definition) is 0. The number of aldehydes is 1. The predicted molar refractivity (Wildman–Crippen MR) is 111 cm³/mol. The molecule has 0 aliphatic carbocycles. The van der Waals surface area contributed by atoms with Gasteiger partial charge in [0.05, 0.1) is 22.7 Å². The minimum absolute atomic E-state index is 0.144. The molecule has 2 aromatic heterocycles. The fourth-order valence-electron chi connectivity index (χ4n) is 3.06. The topological polar surface area (TPSA) is 76.8 Å². The fraction of sp³-hybridized carbons (Fsp3) is 0.500. The van der Waals surface area contributed by atoms with Crippen LogP contribution in [0.2, 0.25) is 0 Å². The van der Waals surface area contributed by atoms with E-state index in [4.69, 9.17) is 9.72 Å². The first-order valence-electron chi connectivity index (χ1n) is 9.30. The van der Waals surface area contributed by atoms with Gasteiger partial charge in [0.2, 0.25) is 0 Å². The highest BCUT2D eigenvalue weighted by Gasteiger charge is 2.30. The SMILES string of the molecule is CC1=CCC(c2cc(N(C(=O)OC(C)(C)C)C(C)C)n3ncc(C=O)c3n2)S1. The molecule has 0 N–H and O–H groups in total. The van der Waals surface area contributed by atoms with Gasteiger partial charge in [0.25, 0.3) is 0 Å². The molecule has 0 radical (unpaired) electrons. The van der Waals surface area contributed by atoms with Gasteiger partial charge >= 0.3 is 6.09 Å². The Bertz CT molecular complexity index is 943. The zero-order valence-corrected chi connectivity index (χ0v) is 17.9. The van der Waals surface area contributed by atoms with E-state index >= 15 is 0 Å². The Kier molecular flexibility index (Phi) is 5.52. The average Bonchev–Trinajstić information content (AvgIpc) is 3.18. The van der Waals surface area contributed by atoms with Crippen LogP contribution >= 0.6 is 11.8 Å². The van der Waals surface area contributed by atoms with Crippen molar-refractivity contribution in [3.63, 3.8) is 0 Å². The number of carbonyl (C=O) groups is 2. The summed E-state index contributed by atoms with van der Waals surface area (Å²) in [4.78, 5) is 31.9. The number of thioether (sulfide) groups is 1. The molecule has 150 valence electrons. The highest BCUT2D eigenvalue weighted by atomic mass is 32.2. The maximum Gasteiger partial charge on any atom is 0.416 e. The van der Waals surface area contributed by atoms with E-state index in [2.05, 4.69) is 18.1 Å². The lowest BCUT2D eigenvalue weighted by atomic mass is 10.2. The molecule has 1 amide bonds. The second-order valence-electron chi connectivity index (χ2n) is 8.09. The molecule has 3 heterocycles. The van der Waals surface area contributed by atoms with E-state index in [1.165, 1.54) is 15.6 Å². The summed E-state index contributed by atoms with van der Waals surface area (Å²) in [5.41, 5.74) is 1.03. The van der Waals surface area contributed by atoms with Crippen LogP contribution in [0.25, 0.3) is 5.65 Å². The molecular formula is C20H26N4O3S. The van der Waals surface area contributed by atoms with E-state index in [0.717, 1.165) is 18.4 Å². The third kappa shape index (κ3) is 4.06. The summed E-state index contributed by atoms with van der Waals surface area (Å²) >= 11 is 1.74. The molecule has 0 saturated heterocycles. The van der Waals surface area contributed by atoms with Crippen molar-refractivity contribution in [3.8, 4) is 0 Å². The number of aromatic nitrogens is 3. The number of fused-ring (bicyclic) bond motifs is 1. The van der Waals surface area contributed by atoms with E-state index < -0.39 is 11.7 Å². The molecule has 0 saturated carbocycles. The van der Waals surface area contributed by atoms with Crippen LogP contribution < -0.4 is 4.90 Å². The number of carbonyl (C=O) groups excluding carboxylic acids is 2. The van der Waals surface area contributed by atoms with Crippen LogP contribution in [-0.4, -0.2) is 38.6 Å². The number of rotatable bonds is 4. The van der Waals surface area contributed by atoms with Crippen molar-refractivity contribution in [1.82, 2.24) is 14.6 Å². The van der Waals surface area contributed by atoms with E-state index in [-0.39, 0.29) is 11.3 Å². The minimum atomic E-state index is -0.625. The van der Waals surface area contributed by atoms with Crippen molar-refractivity contribution >= 4 is 35.6 Å². The molecule has 1 atom stereocenters. The van der Waals surface area contributed by atoms with Gasteiger partial charge in [0, 0.05) is 12.1 Å². The monoisotopic (exact) mass is 402 g/mol. The van der Waals surface area contributed by atoms with Crippen molar-refractivity contribution in [2.75, 3.05) is 4.90 Å². The first-order valence-corrected chi connectivity index (χ1v) is 10.2. The van der Waals surface area contributed by atoms with Crippen molar-refractivity contribution in [3.05, 3.63) is 34.5 Å². The molecule has 0 fully saturated rings. The molecule has 1 aliphatic rings. The first kappa shape index (κ1) is 20.4. The lowest BCUT2D eigenvalue weighted by Gasteiger charge is -2.30. The van der Waals surface area contributed by atoms with Crippen molar-refractivity contribution < 1.29 is 14.3 Å². The molecule has 0 aromatic carbocycles. The van der Waals surface area contributed by atoms with Gasteiger partial charge in [-0.25, -0.2) is 9.78 Å². The van der Waals surface area contributed by atoms with Crippen LogP contribution in [0, 0.1) is 0 Å². The smallest absolute Gasteiger partial charge is 0.416 e. The Balaban J connectivity index is 2.15. The van der Waals surface area contributed by atoms with Gasteiger partial charge in [-0.05, 0) is 52.9 Å². The van der Waals surface area contributed by atoms with Crippen molar-refractivity contribution in [2.45, 2.75) is 64.9 Å². The van der Waals surface area contributed by atoms with Gasteiger partial charge in [0.1, 0.15) is 11.4 Å². The number of allylic oxidation sites excluding steroid dienone is 2. The van der Waals surface area contributed by atoms with E-state index in [9.17, 15) is 9.59 Å². The Labute approximate surface area is 169 Å². The molecule has 28 heavy (non-hydrogen) atoms. The lowest BCUT2D eigenvalue weighted by Crippen LogP contribution is -2.42. The van der Waals surface area contributed by atoms with Crippen LogP contribution in [0.5, 0.6) is 0 Å². The number of hydrogen-bond acceptors (Lipinski definition) is 6. The second kappa shape index (κ2) is 7.58. The molecule has 3 rings (SSSR count). The van der Waals surface area contributed by atoms with E-state index in [0.29, 0.717) is 17.0 Å². The van der Waals surface area contributed by atoms with Gasteiger partial charge < -0.3 is 4.74 Å². The summed E-state index contributed by atoms with van der Waals surface area (Å²) in [6.45, 7) is 11.4. The average molecular weight is 403 g/mol. The summed E-state index contributed by atoms with van der Waals surface area (Å²) in [6.07, 6.45) is 4.78. The van der Waals surface area contributed by atoms with Gasteiger partial charge in [-0.3, -0.25) is 9.69 Å². The van der Waals surface area contributed by atoms with Gasteiger partial charge in [-0.2, -0.15) is 9.61 Å². The van der Waals surface area contributed by atoms with Gasteiger partial charge in [0.15, 0.2) is 11.9 Å². The van der Waals surface area contributed by atoms with Gasteiger partial charge in [-0.15, -0.1) is 11.8 Å². The fourth-order valence-corrected chi connectivity index (χ4v) is 4.13. The predicted octanol–water partition coefficient (Wildman–Crippen LogP) is 4.77. The number of anilines is 1. The maximum absolute atomic E-state index is 13.0. The summed E-state index contributed by atoms with van der Waals surface area (Å²) < 4.78 is 7.16. The normalized spacial score (nSPS) is 17.1. The van der Waals surface area contributed by atoms with Crippen LogP contribution in [0.15, 0.2) is 23.2 Å². The van der Waals surface area contributed by atoms with Crippen molar-refractivity contribution in [1.29, 1.82) is 0 Å². The minimum Gasteiger partial charge on any atom is -0.443 e. The second-order valence-corrected chi connectivity index (χ2v) is 9.54. The maximum atomic E-state index is 13.0. The lowest BCUT2D eigenvalue weighted by molar-refractivity contribution is 0.0568. The van der Waals surface area contributed by atoms with Gasteiger partial charge in [-0.1, -0.05) is 6.08 Å². The Hall–Kier alpha value is -2.35. The first-order chi connectivity index (χ1) is 13.1. The zero-order valence-electron chi connectivity index (χ0n) is 17.1. The Morgan fingerprint density at radius 3 is 2.68 bits per heavy atom. The zero-order chi connectivity index (χ0) is 20.6. The third-order valence-electron chi connectivity index (χ3n) is 4.26. The molecule has 0 spiro atoms. The molecule has 8 heteroatoms. The molecule has 1 unspecified atom stereocenters.